The fourth-order valence-electron chi connectivity index (χ4n) is 6.83. The summed E-state index contributed by atoms with van der Waals surface area (Å²) < 4.78 is 12.6. The van der Waals surface area contributed by atoms with E-state index in [4.69, 9.17) is 23.8 Å². The molecule has 234 valence electrons. The van der Waals surface area contributed by atoms with Crippen molar-refractivity contribution in [3.8, 4) is 56.4 Å². The van der Waals surface area contributed by atoms with Crippen molar-refractivity contribution in [3.05, 3.63) is 164 Å². The van der Waals surface area contributed by atoms with E-state index in [2.05, 4.69) is 72.8 Å². The highest BCUT2D eigenvalue weighted by molar-refractivity contribution is 6.15. The first-order valence-corrected chi connectivity index (χ1v) is 16.6. The predicted octanol–water partition coefficient (Wildman–Crippen LogP) is 12.0. The molecule has 0 amide bonds. The van der Waals surface area contributed by atoms with E-state index < -0.39 is 0 Å². The Morgan fingerprint density at radius 2 is 0.720 bits per heavy atom. The molecule has 0 aliphatic heterocycles. The number of rotatable bonds is 5. The second-order valence-corrected chi connectivity index (χ2v) is 12.5. The summed E-state index contributed by atoms with van der Waals surface area (Å²) in [6, 6.07) is 55.9. The standard InChI is InChI=1S/C45H27N3O2/c1-4-12-28(13-5-1)32-22-33(24-34(23-32)45-47-43(29-14-6-2-7-15-29)46-44(48-45)30-16-8-3-9-17-30)31-20-21-36-38-26-37-35-18-10-11-19-39(35)49-41(37)27-42(38)50-40(36)25-31/h1-27H. The molecule has 0 saturated heterocycles. The Kier molecular flexibility index (Phi) is 6.42. The second-order valence-electron chi connectivity index (χ2n) is 12.5. The van der Waals surface area contributed by atoms with E-state index in [0.717, 1.165) is 82.8 Å². The summed E-state index contributed by atoms with van der Waals surface area (Å²) in [6.07, 6.45) is 0. The van der Waals surface area contributed by atoms with Gasteiger partial charge in [-0.05, 0) is 64.7 Å². The van der Waals surface area contributed by atoms with Crippen LogP contribution in [0.5, 0.6) is 0 Å². The van der Waals surface area contributed by atoms with Gasteiger partial charge in [0.25, 0.3) is 0 Å². The highest BCUT2D eigenvalue weighted by Crippen LogP contribution is 2.39. The highest BCUT2D eigenvalue weighted by atomic mass is 16.3. The number of furan rings is 2. The molecule has 50 heavy (non-hydrogen) atoms. The van der Waals surface area contributed by atoms with Crippen molar-refractivity contribution in [2.24, 2.45) is 0 Å². The Balaban J connectivity index is 1.16. The summed E-state index contributed by atoms with van der Waals surface area (Å²) in [4.78, 5) is 15.0. The van der Waals surface area contributed by atoms with E-state index in [-0.39, 0.29) is 0 Å². The molecule has 3 heterocycles. The molecule has 0 saturated carbocycles. The van der Waals surface area contributed by atoms with Crippen LogP contribution in [0.15, 0.2) is 173 Å². The Morgan fingerprint density at radius 1 is 0.260 bits per heavy atom. The second kappa shape index (κ2) is 11.4. The van der Waals surface area contributed by atoms with E-state index in [1.165, 1.54) is 0 Å². The minimum absolute atomic E-state index is 0.608. The molecule has 10 rings (SSSR count). The van der Waals surface area contributed by atoms with Gasteiger partial charge >= 0.3 is 0 Å². The van der Waals surface area contributed by atoms with Gasteiger partial charge in [0.2, 0.25) is 0 Å². The summed E-state index contributed by atoms with van der Waals surface area (Å²) in [7, 11) is 0. The summed E-state index contributed by atoms with van der Waals surface area (Å²) in [5.74, 6) is 1.86. The van der Waals surface area contributed by atoms with Crippen LogP contribution in [0, 0.1) is 0 Å². The minimum atomic E-state index is 0.608. The van der Waals surface area contributed by atoms with Crippen molar-refractivity contribution in [1.82, 2.24) is 15.0 Å². The lowest BCUT2D eigenvalue weighted by Gasteiger charge is -2.12. The molecular formula is C45H27N3O2. The van der Waals surface area contributed by atoms with Gasteiger partial charge in [-0.25, -0.2) is 15.0 Å². The zero-order chi connectivity index (χ0) is 33.0. The van der Waals surface area contributed by atoms with Crippen molar-refractivity contribution >= 4 is 43.9 Å². The number of benzene rings is 7. The van der Waals surface area contributed by atoms with Gasteiger partial charge in [-0.3, -0.25) is 0 Å². The van der Waals surface area contributed by atoms with Gasteiger partial charge in [-0.2, -0.15) is 0 Å². The lowest BCUT2D eigenvalue weighted by atomic mass is 9.95. The van der Waals surface area contributed by atoms with Crippen LogP contribution in [0.25, 0.3) is 100 Å². The topological polar surface area (TPSA) is 65.0 Å². The summed E-state index contributed by atoms with van der Waals surface area (Å²) in [6.45, 7) is 0. The summed E-state index contributed by atoms with van der Waals surface area (Å²) >= 11 is 0. The largest absolute Gasteiger partial charge is 0.456 e. The van der Waals surface area contributed by atoms with Crippen molar-refractivity contribution < 1.29 is 8.83 Å². The lowest BCUT2D eigenvalue weighted by molar-refractivity contribution is 0.656. The van der Waals surface area contributed by atoms with Gasteiger partial charge in [0.05, 0.1) is 0 Å². The van der Waals surface area contributed by atoms with Crippen molar-refractivity contribution in [1.29, 1.82) is 0 Å². The van der Waals surface area contributed by atoms with Crippen LogP contribution >= 0.6 is 0 Å². The van der Waals surface area contributed by atoms with Gasteiger partial charge in [-0.1, -0.05) is 115 Å². The number of hydrogen-bond donors (Lipinski definition) is 0. The third kappa shape index (κ3) is 4.83. The number of aromatic nitrogens is 3. The average Bonchev–Trinajstić information content (AvgIpc) is 3.74. The zero-order valence-corrected chi connectivity index (χ0v) is 26.7. The molecule has 0 N–H and O–H groups in total. The van der Waals surface area contributed by atoms with E-state index in [0.29, 0.717) is 17.5 Å². The maximum atomic E-state index is 6.48. The molecule has 5 heteroatoms. The van der Waals surface area contributed by atoms with Crippen molar-refractivity contribution in [3.63, 3.8) is 0 Å². The van der Waals surface area contributed by atoms with Crippen molar-refractivity contribution in [2.75, 3.05) is 0 Å². The molecule has 0 radical (unpaired) electrons. The molecule has 7 aromatic carbocycles. The van der Waals surface area contributed by atoms with Crippen LogP contribution < -0.4 is 0 Å². The molecule has 0 atom stereocenters. The van der Waals surface area contributed by atoms with E-state index in [9.17, 15) is 0 Å². The molecule has 5 nitrogen and oxygen atoms in total. The van der Waals surface area contributed by atoms with E-state index >= 15 is 0 Å². The van der Waals surface area contributed by atoms with Gasteiger partial charge in [0.1, 0.15) is 22.3 Å². The summed E-state index contributed by atoms with van der Waals surface area (Å²) in [5, 5.41) is 4.32. The first kappa shape index (κ1) is 28.2. The lowest BCUT2D eigenvalue weighted by Crippen LogP contribution is -2.00. The normalized spacial score (nSPS) is 11.6. The SMILES string of the molecule is c1ccc(-c2cc(-c3ccc4c(c3)oc3cc5oc6ccccc6c5cc34)cc(-c3nc(-c4ccccc4)nc(-c4ccccc4)n3)c2)cc1. The van der Waals surface area contributed by atoms with Gasteiger partial charge in [0.15, 0.2) is 17.5 Å². The Morgan fingerprint density at radius 3 is 1.36 bits per heavy atom. The molecule has 0 aliphatic carbocycles. The summed E-state index contributed by atoms with van der Waals surface area (Å²) in [5.41, 5.74) is 10.3. The molecule has 0 aliphatic rings. The van der Waals surface area contributed by atoms with Crippen molar-refractivity contribution in [2.45, 2.75) is 0 Å². The molecule has 10 aromatic rings. The fraction of sp³-hybridized carbons (Fsp3) is 0. The van der Waals surface area contributed by atoms with E-state index in [1.54, 1.807) is 0 Å². The van der Waals surface area contributed by atoms with Gasteiger partial charge in [0, 0.05) is 44.3 Å². The third-order valence-corrected chi connectivity index (χ3v) is 9.30. The molecular weight excluding hydrogens is 615 g/mol. The van der Waals surface area contributed by atoms with Crippen LogP contribution in [-0.4, -0.2) is 15.0 Å². The number of nitrogens with zero attached hydrogens (tertiary/aromatic N) is 3. The van der Waals surface area contributed by atoms with Gasteiger partial charge < -0.3 is 8.83 Å². The average molecular weight is 642 g/mol. The minimum Gasteiger partial charge on any atom is -0.456 e. The number of fused-ring (bicyclic) bond motifs is 6. The van der Waals surface area contributed by atoms with Crippen LogP contribution in [0.1, 0.15) is 0 Å². The zero-order valence-electron chi connectivity index (χ0n) is 26.7. The number of para-hydroxylation sites is 1. The maximum absolute atomic E-state index is 6.48. The molecule has 0 fully saturated rings. The Hall–Kier alpha value is -6.85. The Bertz CT molecular complexity index is 2800. The smallest absolute Gasteiger partial charge is 0.164 e. The fourth-order valence-corrected chi connectivity index (χ4v) is 6.83. The van der Waals surface area contributed by atoms with Crippen LogP contribution in [0.3, 0.4) is 0 Å². The highest BCUT2D eigenvalue weighted by Gasteiger charge is 2.17. The van der Waals surface area contributed by atoms with Gasteiger partial charge in [-0.15, -0.1) is 0 Å². The molecule has 0 spiro atoms. The molecule has 3 aromatic heterocycles. The molecule has 0 bridgehead atoms. The maximum Gasteiger partial charge on any atom is 0.164 e. The Labute approximate surface area is 287 Å². The predicted molar refractivity (Wildman–Crippen MR) is 202 cm³/mol. The quantitative estimate of drug-likeness (QED) is 0.187. The first-order valence-electron chi connectivity index (χ1n) is 16.6. The first-order chi connectivity index (χ1) is 24.7. The molecule has 0 unspecified atom stereocenters. The van der Waals surface area contributed by atoms with Crippen LogP contribution in [-0.2, 0) is 0 Å². The van der Waals surface area contributed by atoms with Crippen LogP contribution in [0.4, 0.5) is 0 Å². The van der Waals surface area contributed by atoms with E-state index in [1.807, 2.05) is 91.0 Å². The monoisotopic (exact) mass is 641 g/mol. The van der Waals surface area contributed by atoms with Crippen LogP contribution in [0.2, 0.25) is 0 Å². The third-order valence-electron chi connectivity index (χ3n) is 9.30. The number of hydrogen-bond acceptors (Lipinski definition) is 5.